The van der Waals surface area contributed by atoms with Crippen LogP contribution in [0.5, 0.6) is 0 Å². The van der Waals surface area contributed by atoms with Crippen molar-refractivity contribution in [2.24, 2.45) is 0 Å². The van der Waals surface area contributed by atoms with E-state index in [9.17, 15) is 4.39 Å². The summed E-state index contributed by atoms with van der Waals surface area (Å²) in [6, 6.07) is 4.66. The van der Waals surface area contributed by atoms with Gasteiger partial charge >= 0.3 is 0 Å². The van der Waals surface area contributed by atoms with Crippen LogP contribution in [0, 0.1) is 5.82 Å². The van der Waals surface area contributed by atoms with Gasteiger partial charge in [-0.2, -0.15) is 0 Å². The minimum atomic E-state index is -0.221. The largest absolute Gasteiger partial charge is 0.342 e. The number of aromatic nitrogens is 2. The molecule has 1 fully saturated rings. The smallest absolute Gasteiger partial charge is 0.203 e. The van der Waals surface area contributed by atoms with E-state index < -0.39 is 0 Å². The van der Waals surface area contributed by atoms with Gasteiger partial charge in [0.25, 0.3) is 0 Å². The van der Waals surface area contributed by atoms with Crippen LogP contribution in [0.3, 0.4) is 0 Å². The number of hydrogen-bond donors (Lipinski definition) is 1. The number of H-pyrrole nitrogens is 1. The van der Waals surface area contributed by atoms with E-state index in [0.29, 0.717) is 0 Å². The van der Waals surface area contributed by atoms with Gasteiger partial charge < -0.3 is 9.88 Å². The molecule has 3 rings (SSSR count). The Morgan fingerprint density at radius 2 is 2.00 bits per heavy atom. The zero-order valence-corrected chi connectivity index (χ0v) is 9.04. The van der Waals surface area contributed by atoms with E-state index in [1.807, 2.05) is 0 Å². The number of aromatic amines is 1. The van der Waals surface area contributed by atoms with Crippen LogP contribution >= 0.6 is 0 Å². The zero-order chi connectivity index (χ0) is 11.0. The number of halogens is 1. The molecular weight excluding hydrogens is 205 g/mol. The lowest BCUT2D eigenvalue weighted by atomic mass is 10.1. The molecule has 0 unspecified atom stereocenters. The van der Waals surface area contributed by atoms with Crippen LogP contribution in [-0.4, -0.2) is 23.1 Å². The summed E-state index contributed by atoms with van der Waals surface area (Å²) in [6.07, 6.45) is 3.72. The number of piperidine rings is 1. The molecule has 0 bridgehead atoms. The quantitative estimate of drug-likeness (QED) is 0.799. The first-order chi connectivity index (χ1) is 7.83. The summed E-state index contributed by atoms with van der Waals surface area (Å²) in [5, 5.41) is 0. The lowest BCUT2D eigenvalue weighted by Gasteiger charge is -2.25. The predicted octanol–water partition coefficient (Wildman–Crippen LogP) is 2.69. The summed E-state index contributed by atoms with van der Waals surface area (Å²) in [5.41, 5.74) is 1.61. The van der Waals surface area contributed by atoms with Gasteiger partial charge in [-0.05, 0) is 37.5 Å². The SMILES string of the molecule is Fc1ccc2nc(N3CCCCC3)[nH]c2c1. The topological polar surface area (TPSA) is 31.9 Å². The standard InChI is InChI=1S/C12H14FN3/c13-9-4-5-10-11(8-9)15-12(14-10)16-6-2-1-3-7-16/h4-5,8H,1-3,6-7H2,(H,14,15). The van der Waals surface area contributed by atoms with Crippen molar-refractivity contribution < 1.29 is 4.39 Å². The molecule has 1 N–H and O–H groups in total. The van der Waals surface area contributed by atoms with Crippen LogP contribution in [0.1, 0.15) is 19.3 Å². The lowest BCUT2D eigenvalue weighted by molar-refractivity contribution is 0.570. The van der Waals surface area contributed by atoms with Crippen LogP contribution in [-0.2, 0) is 0 Å². The maximum Gasteiger partial charge on any atom is 0.203 e. The lowest BCUT2D eigenvalue weighted by Crippen LogP contribution is -2.30. The molecule has 0 amide bonds. The van der Waals surface area contributed by atoms with E-state index in [4.69, 9.17) is 0 Å². The summed E-state index contributed by atoms with van der Waals surface area (Å²) in [4.78, 5) is 9.90. The van der Waals surface area contributed by atoms with E-state index >= 15 is 0 Å². The van der Waals surface area contributed by atoms with Gasteiger partial charge in [0, 0.05) is 13.1 Å². The van der Waals surface area contributed by atoms with Gasteiger partial charge in [-0.25, -0.2) is 9.37 Å². The summed E-state index contributed by atoms with van der Waals surface area (Å²) >= 11 is 0. The van der Waals surface area contributed by atoms with Crippen molar-refractivity contribution in [3.05, 3.63) is 24.0 Å². The van der Waals surface area contributed by atoms with Gasteiger partial charge in [-0.15, -0.1) is 0 Å². The van der Waals surface area contributed by atoms with Crippen LogP contribution in [0.15, 0.2) is 18.2 Å². The maximum atomic E-state index is 13.0. The Hall–Kier alpha value is -1.58. The van der Waals surface area contributed by atoms with Gasteiger partial charge in [0.1, 0.15) is 5.82 Å². The second-order valence-corrected chi connectivity index (χ2v) is 4.27. The normalized spacial score (nSPS) is 16.9. The summed E-state index contributed by atoms with van der Waals surface area (Å²) in [5.74, 6) is 0.654. The van der Waals surface area contributed by atoms with Gasteiger partial charge in [0.15, 0.2) is 0 Å². The van der Waals surface area contributed by atoms with E-state index in [1.165, 1.54) is 31.4 Å². The molecular formula is C12H14FN3. The predicted molar refractivity (Wildman–Crippen MR) is 62.1 cm³/mol. The highest BCUT2D eigenvalue weighted by molar-refractivity contribution is 5.77. The molecule has 2 heterocycles. The maximum absolute atomic E-state index is 13.0. The molecule has 0 saturated carbocycles. The molecule has 0 radical (unpaired) electrons. The van der Waals surface area contributed by atoms with Crippen molar-refractivity contribution in [2.75, 3.05) is 18.0 Å². The van der Waals surface area contributed by atoms with Crippen LogP contribution in [0.2, 0.25) is 0 Å². The summed E-state index contributed by atoms with van der Waals surface area (Å²) in [6.45, 7) is 2.09. The van der Waals surface area contributed by atoms with Gasteiger partial charge in [0.05, 0.1) is 11.0 Å². The third-order valence-corrected chi connectivity index (χ3v) is 3.09. The number of nitrogens with zero attached hydrogens (tertiary/aromatic N) is 2. The molecule has 1 aromatic carbocycles. The third-order valence-electron chi connectivity index (χ3n) is 3.09. The first kappa shape index (κ1) is 9.63. The molecule has 1 saturated heterocycles. The number of imidazole rings is 1. The number of anilines is 1. The number of nitrogens with one attached hydrogen (secondary N) is 1. The Bertz CT molecular complexity index is 500. The van der Waals surface area contributed by atoms with Crippen molar-refractivity contribution in [3.63, 3.8) is 0 Å². The Balaban J connectivity index is 1.97. The average Bonchev–Trinajstić information content (AvgIpc) is 2.73. The Labute approximate surface area is 93.3 Å². The van der Waals surface area contributed by atoms with E-state index in [2.05, 4.69) is 14.9 Å². The minimum Gasteiger partial charge on any atom is -0.342 e. The molecule has 4 heteroatoms. The van der Waals surface area contributed by atoms with E-state index in [0.717, 1.165) is 30.1 Å². The van der Waals surface area contributed by atoms with Crippen LogP contribution in [0.25, 0.3) is 11.0 Å². The van der Waals surface area contributed by atoms with Gasteiger partial charge in [-0.1, -0.05) is 0 Å². The highest BCUT2D eigenvalue weighted by Crippen LogP contribution is 2.21. The molecule has 1 aromatic heterocycles. The van der Waals surface area contributed by atoms with E-state index in [-0.39, 0.29) is 5.82 Å². The third kappa shape index (κ3) is 1.64. The number of benzene rings is 1. The zero-order valence-electron chi connectivity index (χ0n) is 9.04. The molecule has 1 aliphatic rings. The monoisotopic (exact) mass is 219 g/mol. The van der Waals surface area contributed by atoms with Gasteiger partial charge in [0.2, 0.25) is 5.95 Å². The molecule has 2 aromatic rings. The number of rotatable bonds is 1. The first-order valence-corrected chi connectivity index (χ1v) is 5.73. The fraction of sp³-hybridized carbons (Fsp3) is 0.417. The highest BCUT2D eigenvalue weighted by atomic mass is 19.1. The molecule has 16 heavy (non-hydrogen) atoms. The minimum absolute atomic E-state index is 0.221. The molecule has 3 nitrogen and oxygen atoms in total. The molecule has 0 atom stereocenters. The van der Waals surface area contributed by atoms with Crippen molar-refractivity contribution in [3.8, 4) is 0 Å². The first-order valence-electron chi connectivity index (χ1n) is 5.73. The van der Waals surface area contributed by atoms with Crippen LogP contribution < -0.4 is 4.90 Å². The summed E-state index contributed by atoms with van der Waals surface area (Å²) < 4.78 is 13.0. The van der Waals surface area contributed by atoms with E-state index in [1.54, 1.807) is 6.07 Å². The average molecular weight is 219 g/mol. The molecule has 0 spiro atoms. The van der Waals surface area contributed by atoms with Crippen molar-refractivity contribution in [1.29, 1.82) is 0 Å². The molecule has 84 valence electrons. The van der Waals surface area contributed by atoms with Crippen LogP contribution in [0.4, 0.5) is 10.3 Å². The fourth-order valence-electron chi connectivity index (χ4n) is 2.22. The number of hydrogen-bond acceptors (Lipinski definition) is 2. The second kappa shape index (κ2) is 3.77. The second-order valence-electron chi connectivity index (χ2n) is 4.27. The highest BCUT2D eigenvalue weighted by Gasteiger charge is 2.14. The van der Waals surface area contributed by atoms with Crippen molar-refractivity contribution >= 4 is 17.0 Å². The Kier molecular flexibility index (Phi) is 2.27. The molecule has 1 aliphatic heterocycles. The number of fused-ring (bicyclic) bond motifs is 1. The summed E-state index contributed by atoms with van der Waals surface area (Å²) in [7, 11) is 0. The molecule has 0 aliphatic carbocycles. The fourth-order valence-corrected chi connectivity index (χ4v) is 2.22. The Morgan fingerprint density at radius 3 is 2.81 bits per heavy atom. The van der Waals surface area contributed by atoms with Crippen molar-refractivity contribution in [1.82, 2.24) is 9.97 Å². The van der Waals surface area contributed by atoms with Crippen molar-refractivity contribution in [2.45, 2.75) is 19.3 Å². The Morgan fingerprint density at radius 1 is 1.19 bits per heavy atom. The van der Waals surface area contributed by atoms with Gasteiger partial charge in [-0.3, -0.25) is 0 Å².